The second-order valence-corrected chi connectivity index (χ2v) is 5.71. The highest BCUT2D eigenvalue weighted by molar-refractivity contribution is 7.89. The lowest BCUT2D eigenvalue weighted by molar-refractivity contribution is 0.520. The molecular formula is C9H12N2O2S2. The van der Waals surface area contributed by atoms with E-state index in [1.54, 1.807) is 18.2 Å². The van der Waals surface area contributed by atoms with E-state index in [0.29, 0.717) is 5.56 Å². The van der Waals surface area contributed by atoms with E-state index >= 15 is 0 Å². The zero-order valence-corrected chi connectivity index (χ0v) is 10.1. The lowest BCUT2D eigenvalue weighted by Gasteiger charge is -2.14. The highest BCUT2D eigenvalue weighted by atomic mass is 32.2. The molecule has 1 aromatic rings. The topological polar surface area (TPSA) is 63.4 Å². The average Bonchev–Trinajstić information content (AvgIpc) is 2.17. The summed E-state index contributed by atoms with van der Waals surface area (Å²) in [4.78, 5) is 0.221. The Hall–Kier alpha value is -0.980. The van der Waals surface area contributed by atoms with Crippen LogP contribution < -0.4 is 5.73 Å². The predicted molar refractivity (Wildman–Crippen MR) is 63.2 cm³/mol. The second kappa shape index (κ2) is 4.26. The van der Waals surface area contributed by atoms with E-state index < -0.39 is 10.0 Å². The molecule has 0 aliphatic carbocycles. The monoisotopic (exact) mass is 244 g/mol. The fraction of sp³-hybridized carbons (Fsp3) is 0.222. The van der Waals surface area contributed by atoms with Gasteiger partial charge >= 0.3 is 0 Å². The van der Waals surface area contributed by atoms with Crippen LogP contribution in [0, 0.1) is 0 Å². The highest BCUT2D eigenvalue weighted by Crippen LogP contribution is 2.17. The van der Waals surface area contributed by atoms with Gasteiger partial charge in [-0.1, -0.05) is 30.4 Å². The molecule has 0 atom stereocenters. The maximum absolute atomic E-state index is 11.9. The summed E-state index contributed by atoms with van der Waals surface area (Å²) in [6, 6.07) is 6.42. The minimum absolute atomic E-state index is 0.0797. The first kappa shape index (κ1) is 12.1. The third kappa shape index (κ3) is 2.34. The first-order valence-electron chi connectivity index (χ1n) is 4.18. The van der Waals surface area contributed by atoms with E-state index in [0.717, 1.165) is 4.31 Å². The lowest BCUT2D eigenvalue weighted by Crippen LogP contribution is -2.25. The molecule has 1 aromatic carbocycles. The van der Waals surface area contributed by atoms with E-state index in [2.05, 4.69) is 0 Å². The molecular weight excluding hydrogens is 232 g/mol. The molecule has 0 bridgehead atoms. The molecule has 0 radical (unpaired) electrons. The minimum Gasteiger partial charge on any atom is -0.389 e. The van der Waals surface area contributed by atoms with E-state index in [-0.39, 0.29) is 9.88 Å². The van der Waals surface area contributed by atoms with E-state index in [1.807, 2.05) is 0 Å². The maximum Gasteiger partial charge on any atom is 0.243 e. The summed E-state index contributed by atoms with van der Waals surface area (Å²) >= 11 is 4.80. The van der Waals surface area contributed by atoms with Gasteiger partial charge in [-0.2, -0.15) is 0 Å². The van der Waals surface area contributed by atoms with Crippen LogP contribution in [0.15, 0.2) is 29.2 Å². The Morgan fingerprint density at radius 2 is 1.87 bits per heavy atom. The molecule has 6 heteroatoms. The van der Waals surface area contributed by atoms with Crippen LogP contribution in [0.4, 0.5) is 0 Å². The van der Waals surface area contributed by atoms with Gasteiger partial charge in [-0.15, -0.1) is 0 Å². The summed E-state index contributed by atoms with van der Waals surface area (Å²) in [5.41, 5.74) is 5.84. The number of rotatable bonds is 3. The third-order valence-corrected chi connectivity index (χ3v) is 4.00. The van der Waals surface area contributed by atoms with E-state index in [9.17, 15) is 8.42 Å². The van der Waals surface area contributed by atoms with Crippen LogP contribution in [0.1, 0.15) is 5.56 Å². The summed E-state index contributed by atoms with van der Waals surface area (Å²) in [6.45, 7) is 0. The molecule has 15 heavy (non-hydrogen) atoms. The van der Waals surface area contributed by atoms with Gasteiger partial charge in [-0.3, -0.25) is 0 Å². The molecule has 2 N–H and O–H groups in total. The van der Waals surface area contributed by atoms with Crippen LogP contribution >= 0.6 is 12.2 Å². The van der Waals surface area contributed by atoms with Crippen molar-refractivity contribution in [2.24, 2.45) is 5.73 Å². The molecule has 0 fully saturated rings. The van der Waals surface area contributed by atoms with E-state index in [4.69, 9.17) is 18.0 Å². The normalized spacial score (nSPS) is 11.7. The summed E-state index contributed by atoms with van der Waals surface area (Å²) in [5.74, 6) is 0. The van der Waals surface area contributed by atoms with Crippen molar-refractivity contribution < 1.29 is 8.42 Å². The molecule has 0 heterocycles. The first-order chi connectivity index (χ1) is 6.87. The molecule has 0 aliphatic rings. The van der Waals surface area contributed by atoms with Gasteiger partial charge in [0.05, 0.1) is 4.90 Å². The number of sulfonamides is 1. The third-order valence-electron chi connectivity index (χ3n) is 1.91. The first-order valence-corrected chi connectivity index (χ1v) is 6.03. The van der Waals surface area contributed by atoms with Gasteiger partial charge in [-0.05, 0) is 6.07 Å². The van der Waals surface area contributed by atoms with Gasteiger partial charge in [-0.25, -0.2) is 12.7 Å². The van der Waals surface area contributed by atoms with Crippen molar-refractivity contribution in [1.29, 1.82) is 0 Å². The Morgan fingerprint density at radius 3 is 2.33 bits per heavy atom. The molecule has 0 amide bonds. The van der Waals surface area contributed by atoms with Gasteiger partial charge in [0.25, 0.3) is 0 Å². The van der Waals surface area contributed by atoms with Crippen LogP contribution in [0.3, 0.4) is 0 Å². The molecule has 0 unspecified atom stereocenters. The standard InChI is InChI=1S/C9H12N2O2S2/c1-11(2)15(12,13)8-6-4-3-5-7(8)9(10)14/h3-6H,1-2H3,(H2,10,14). The fourth-order valence-corrected chi connectivity index (χ4v) is 2.43. The Balaban J connectivity index is 3.45. The fourth-order valence-electron chi connectivity index (χ4n) is 1.09. The van der Waals surface area contributed by atoms with Crippen LogP contribution in [-0.2, 0) is 10.0 Å². The smallest absolute Gasteiger partial charge is 0.243 e. The van der Waals surface area contributed by atoms with Crippen molar-refractivity contribution in [1.82, 2.24) is 4.31 Å². The lowest BCUT2D eigenvalue weighted by atomic mass is 10.2. The van der Waals surface area contributed by atoms with Crippen molar-refractivity contribution in [3.8, 4) is 0 Å². The Kier molecular flexibility index (Phi) is 3.43. The average molecular weight is 244 g/mol. The highest BCUT2D eigenvalue weighted by Gasteiger charge is 2.21. The Labute approximate surface area is 94.7 Å². The number of hydrogen-bond donors (Lipinski definition) is 1. The number of hydrogen-bond acceptors (Lipinski definition) is 3. The summed E-state index contributed by atoms with van der Waals surface area (Å²) in [7, 11) is -0.559. The molecule has 0 aliphatic heterocycles. The van der Waals surface area contributed by atoms with Crippen molar-refractivity contribution >= 4 is 27.2 Å². The van der Waals surface area contributed by atoms with Crippen molar-refractivity contribution in [2.45, 2.75) is 4.90 Å². The number of benzene rings is 1. The molecule has 0 spiro atoms. The van der Waals surface area contributed by atoms with Crippen LogP contribution in [0.25, 0.3) is 0 Å². The quantitative estimate of drug-likeness (QED) is 0.790. The zero-order chi connectivity index (χ0) is 11.6. The molecule has 4 nitrogen and oxygen atoms in total. The molecule has 0 saturated carbocycles. The predicted octanol–water partition coefficient (Wildman–Crippen LogP) is 0.571. The zero-order valence-electron chi connectivity index (χ0n) is 8.47. The van der Waals surface area contributed by atoms with Gasteiger partial charge in [0.2, 0.25) is 10.0 Å². The maximum atomic E-state index is 11.9. The number of thiocarbonyl (C=S) groups is 1. The van der Waals surface area contributed by atoms with Gasteiger partial charge < -0.3 is 5.73 Å². The van der Waals surface area contributed by atoms with Gasteiger partial charge in [0.15, 0.2) is 0 Å². The Bertz CT molecular complexity index is 481. The summed E-state index contributed by atoms with van der Waals surface area (Å²) < 4.78 is 24.9. The molecule has 0 saturated heterocycles. The van der Waals surface area contributed by atoms with Gasteiger partial charge in [0, 0.05) is 19.7 Å². The van der Waals surface area contributed by atoms with E-state index in [1.165, 1.54) is 20.2 Å². The van der Waals surface area contributed by atoms with Crippen molar-refractivity contribution in [3.05, 3.63) is 29.8 Å². The largest absolute Gasteiger partial charge is 0.389 e. The van der Waals surface area contributed by atoms with Crippen LogP contribution in [-0.4, -0.2) is 31.8 Å². The Morgan fingerprint density at radius 1 is 1.33 bits per heavy atom. The molecule has 1 rings (SSSR count). The molecule has 0 aromatic heterocycles. The van der Waals surface area contributed by atoms with Crippen LogP contribution in [0.5, 0.6) is 0 Å². The number of nitrogens with zero attached hydrogens (tertiary/aromatic N) is 1. The number of nitrogens with two attached hydrogens (primary N) is 1. The van der Waals surface area contributed by atoms with Crippen molar-refractivity contribution in [3.63, 3.8) is 0 Å². The molecule has 82 valence electrons. The summed E-state index contributed by atoms with van der Waals surface area (Å²) in [5, 5.41) is 0. The summed E-state index contributed by atoms with van der Waals surface area (Å²) in [6.07, 6.45) is 0. The minimum atomic E-state index is -3.49. The van der Waals surface area contributed by atoms with Gasteiger partial charge in [0.1, 0.15) is 4.99 Å². The second-order valence-electron chi connectivity index (χ2n) is 3.15. The van der Waals surface area contributed by atoms with Crippen LogP contribution in [0.2, 0.25) is 0 Å². The SMILES string of the molecule is CN(C)S(=O)(=O)c1ccccc1C(N)=S. The van der Waals surface area contributed by atoms with Crippen molar-refractivity contribution in [2.75, 3.05) is 14.1 Å².